The maximum Gasteiger partial charge on any atom is 0.225 e. The van der Waals surface area contributed by atoms with E-state index in [0.717, 1.165) is 15.1 Å². The predicted molar refractivity (Wildman–Crippen MR) is 68.7 cm³/mol. The van der Waals surface area contributed by atoms with E-state index in [9.17, 15) is 0 Å². The summed E-state index contributed by atoms with van der Waals surface area (Å²) in [5, 5.41) is 22.0. The lowest BCUT2D eigenvalue weighted by Crippen LogP contribution is -2.28. The molecule has 2 rings (SSSR count). The quantitative estimate of drug-likeness (QED) is 0.735. The Hall–Kier alpha value is -0.950. The van der Waals surface area contributed by atoms with Crippen LogP contribution in [0.2, 0.25) is 5.28 Å². The standard InChI is InChI=1S/C10H12ClN3O2S/c1-5-2-7-8(12-6(3-15)4-16)13-10(11)14-9(7)17-5/h2,6,15-16H,3-4H2,1H3,(H,12,13,14). The first-order valence-electron chi connectivity index (χ1n) is 5.06. The number of aliphatic hydroxyl groups is 2. The number of fused-ring (bicyclic) bond motifs is 1. The molecular formula is C10H12ClN3O2S. The van der Waals surface area contributed by atoms with Crippen molar-refractivity contribution in [2.45, 2.75) is 13.0 Å². The van der Waals surface area contributed by atoms with Crippen molar-refractivity contribution in [3.8, 4) is 0 Å². The Kier molecular flexibility index (Phi) is 3.78. The Morgan fingerprint density at radius 2 is 2.12 bits per heavy atom. The van der Waals surface area contributed by atoms with Gasteiger partial charge in [0.1, 0.15) is 10.6 Å². The maximum absolute atomic E-state index is 9.04. The zero-order valence-corrected chi connectivity index (χ0v) is 10.7. The van der Waals surface area contributed by atoms with Crippen LogP contribution in [0, 0.1) is 6.92 Å². The molecule has 0 aliphatic rings. The lowest BCUT2D eigenvalue weighted by atomic mass is 10.3. The lowest BCUT2D eigenvalue weighted by Gasteiger charge is -2.14. The number of rotatable bonds is 4. The number of nitrogens with one attached hydrogen (secondary N) is 1. The average Bonchev–Trinajstić information content (AvgIpc) is 2.66. The van der Waals surface area contributed by atoms with Gasteiger partial charge in [0.25, 0.3) is 0 Å². The first-order chi connectivity index (χ1) is 8.13. The van der Waals surface area contributed by atoms with Crippen LogP contribution in [0.5, 0.6) is 0 Å². The largest absolute Gasteiger partial charge is 0.394 e. The molecule has 2 aromatic rings. The van der Waals surface area contributed by atoms with E-state index in [-0.39, 0.29) is 18.5 Å². The highest BCUT2D eigenvalue weighted by Crippen LogP contribution is 2.29. The highest BCUT2D eigenvalue weighted by molar-refractivity contribution is 7.18. The van der Waals surface area contributed by atoms with Crippen molar-refractivity contribution in [2.24, 2.45) is 0 Å². The minimum Gasteiger partial charge on any atom is -0.394 e. The van der Waals surface area contributed by atoms with Gasteiger partial charge in [-0.15, -0.1) is 11.3 Å². The minimum absolute atomic E-state index is 0.150. The van der Waals surface area contributed by atoms with Crippen LogP contribution in [0.3, 0.4) is 0 Å². The number of aliphatic hydroxyl groups excluding tert-OH is 2. The number of hydrogen-bond donors (Lipinski definition) is 3. The molecule has 0 atom stereocenters. The monoisotopic (exact) mass is 273 g/mol. The first-order valence-corrected chi connectivity index (χ1v) is 6.25. The average molecular weight is 274 g/mol. The van der Waals surface area contributed by atoms with Gasteiger partial charge in [0.2, 0.25) is 5.28 Å². The molecule has 17 heavy (non-hydrogen) atoms. The van der Waals surface area contributed by atoms with E-state index in [1.165, 1.54) is 11.3 Å². The van der Waals surface area contributed by atoms with Gasteiger partial charge in [-0.25, -0.2) is 9.97 Å². The summed E-state index contributed by atoms with van der Waals surface area (Å²) in [6.07, 6.45) is 0. The zero-order valence-electron chi connectivity index (χ0n) is 9.14. The molecule has 5 nitrogen and oxygen atoms in total. The predicted octanol–water partition coefficient (Wildman–Crippen LogP) is 1.42. The molecule has 0 spiro atoms. The Labute approximate surface area is 107 Å². The van der Waals surface area contributed by atoms with Crippen LogP contribution < -0.4 is 5.32 Å². The summed E-state index contributed by atoms with van der Waals surface area (Å²) >= 11 is 7.34. The van der Waals surface area contributed by atoms with Crippen molar-refractivity contribution in [1.29, 1.82) is 0 Å². The minimum atomic E-state index is -0.454. The van der Waals surface area contributed by atoms with Gasteiger partial charge in [-0.2, -0.15) is 0 Å². The second-order valence-electron chi connectivity index (χ2n) is 3.62. The molecule has 7 heteroatoms. The number of hydrogen-bond acceptors (Lipinski definition) is 6. The smallest absolute Gasteiger partial charge is 0.225 e. The van der Waals surface area contributed by atoms with Gasteiger partial charge in [-0.05, 0) is 24.6 Å². The van der Waals surface area contributed by atoms with Gasteiger partial charge >= 0.3 is 0 Å². The van der Waals surface area contributed by atoms with Crippen LogP contribution in [0.15, 0.2) is 6.07 Å². The van der Waals surface area contributed by atoms with Gasteiger partial charge in [0, 0.05) is 4.88 Å². The van der Waals surface area contributed by atoms with Crippen molar-refractivity contribution in [3.63, 3.8) is 0 Å². The fourth-order valence-corrected chi connectivity index (χ4v) is 2.57. The van der Waals surface area contributed by atoms with E-state index in [2.05, 4.69) is 15.3 Å². The van der Waals surface area contributed by atoms with Crippen LogP contribution in [0.1, 0.15) is 4.88 Å². The van der Waals surface area contributed by atoms with E-state index in [1.54, 1.807) is 0 Å². The van der Waals surface area contributed by atoms with Crippen LogP contribution in [0.4, 0.5) is 5.82 Å². The van der Waals surface area contributed by atoms with Crippen molar-refractivity contribution < 1.29 is 10.2 Å². The molecule has 0 bridgehead atoms. The molecule has 3 N–H and O–H groups in total. The summed E-state index contributed by atoms with van der Waals surface area (Å²) in [7, 11) is 0. The van der Waals surface area contributed by atoms with Crippen molar-refractivity contribution in [1.82, 2.24) is 9.97 Å². The van der Waals surface area contributed by atoms with Crippen LogP contribution in [0.25, 0.3) is 10.2 Å². The first kappa shape index (κ1) is 12.5. The third-order valence-corrected chi connectivity index (χ3v) is 3.38. The molecule has 0 aromatic carbocycles. The fraction of sp³-hybridized carbons (Fsp3) is 0.400. The Morgan fingerprint density at radius 3 is 2.76 bits per heavy atom. The third-order valence-electron chi connectivity index (χ3n) is 2.27. The molecule has 2 heterocycles. The molecule has 0 aliphatic carbocycles. The topological polar surface area (TPSA) is 78.3 Å². The van der Waals surface area contributed by atoms with Gasteiger partial charge < -0.3 is 15.5 Å². The zero-order chi connectivity index (χ0) is 12.4. The summed E-state index contributed by atoms with van der Waals surface area (Å²) in [4.78, 5) is 10.1. The van der Waals surface area contributed by atoms with Gasteiger partial charge in [-0.3, -0.25) is 0 Å². The normalized spacial score (nSPS) is 11.4. The van der Waals surface area contributed by atoms with Gasteiger partial charge in [0.05, 0.1) is 24.6 Å². The molecule has 0 fully saturated rings. The number of aryl methyl sites for hydroxylation is 1. The molecule has 0 radical (unpaired) electrons. The number of anilines is 1. The highest BCUT2D eigenvalue weighted by atomic mass is 35.5. The molecule has 0 saturated heterocycles. The summed E-state index contributed by atoms with van der Waals surface area (Å²) in [6, 6.07) is 1.49. The maximum atomic E-state index is 9.04. The summed E-state index contributed by atoms with van der Waals surface area (Å²) in [5.74, 6) is 0.539. The Bertz CT molecular complexity index is 527. The lowest BCUT2D eigenvalue weighted by molar-refractivity contribution is 0.203. The van der Waals surface area contributed by atoms with E-state index in [0.29, 0.717) is 5.82 Å². The summed E-state index contributed by atoms with van der Waals surface area (Å²) < 4.78 is 0. The summed E-state index contributed by atoms with van der Waals surface area (Å²) in [6.45, 7) is 1.62. The second-order valence-corrected chi connectivity index (χ2v) is 5.20. The fourth-order valence-electron chi connectivity index (χ4n) is 1.47. The van der Waals surface area contributed by atoms with E-state index in [4.69, 9.17) is 21.8 Å². The SMILES string of the molecule is Cc1cc2c(NC(CO)CO)nc(Cl)nc2s1. The van der Waals surface area contributed by atoms with Crippen molar-refractivity contribution >= 4 is 39.0 Å². The van der Waals surface area contributed by atoms with Crippen molar-refractivity contribution in [3.05, 3.63) is 16.2 Å². The Balaban J connectivity index is 2.44. The van der Waals surface area contributed by atoms with E-state index < -0.39 is 6.04 Å². The number of thiophene rings is 1. The van der Waals surface area contributed by atoms with Gasteiger partial charge in [-0.1, -0.05) is 0 Å². The van der Waals surface area contributed by atoms with Crippen LogP contribution in [-0.4, -0.2) is 39.4 Å². The third kappa shape index (κ3) is 2.66. The second kappa shape index (κ2) is 5.14. The molecular weight excluding hydrogens is 262 g/mol. The molecule has 0 amide bonds. The van der Waals surface area contributed by atoms with E-state index >= 15 is 0 Å². The molecule has 0 aliphatic heterocycles. The van der Waals surface area contributed by atoms with Crippen LogP contribution >= 0.6 is 22.9 Å². The highest BCUT2D eigenvalue weighted by Gasteiger charge is 2.13. The molecule has 92 valence electrons. The van der Waals surface area contributed by atoms with Crippen molar-refractivity contribution in [2.75, 3.05) is 18.5 Å². The number of nitrogens with zero attached hydrogens (tertiary/aromatic N) is 2. The molecule has 0 saturated carbocycles. The van der Waals surface area contributed by atoms with Crippen LogP contribution in [-0.2, 0) is 0 Å². The number of halogens is 1. The summed E-state index contributed by atoms with van der Waals surface area (Å²) in [5.41, 5.74) is 0. The number of aromatic nitrogens is 2. The molecule has 0 unspecified atom stereocenters. The Morgan fingerprint density at radius 1 is 1.41 bits per heavy atom. The molecule has 2 aromatic heterocycles. The van der Waals surface area contributed by atoms with Gasteiger partial charge in [0.15, 0.2) is 0 Å². The van der Waals surface area contributed by atoms with E-state index in [1.807, 2.05) is 13.0 Å².